The second kappa shape index (κ2) is 6.17. The van der Waals surface area contributed by atoms with Crippen LogP contribution in [-0.2, 0) is 19.1 Å². The van der Waals surface area contributed by atoms with E-state index >= 15 is 0 Å². The van der Waals surface area contributed by atoms with Crippen LogP contribution in [0.25, 0.3) is 0 Å². The van der Waals surface area contributed by atoms with Gasteiger partial charge in [-0.25, -0.2) is 4.79 Å². The van der Waals surface area contributed by atoms with Crippen LogP contribution in [0, 0.1) is 13.8 Å². The normalized spacial score (nSPS) is 17.9. The number of ether oxygens (including phenoxy) is 2. The SMILES string of the molecule is Cc1cc(C(=O)CCC(=O)O[C@H]2CCOC2=O)c(C)s1. The van der Waals surface area contributed by atoms with Crippen molar-refractivity contribution in [1.29, 1.82) is 0 Å². The van der Waals surface area contributed by atoms with Crippen LogP contribution in [0.15, 0.2) is 6.07 Å². The molecule has 1 saturated heterocycles. The molecule has 0 unspecified atom stereocenters. The molecule has 1 aromatic rings. The first-order chi connectivity index (χ1) is 9.47. The van der Waals surface area contributed by atoms with E-state index in [1.54, 1.807) is 11.3 Å². The lowest BCUT2D eigenvalue weighted by Crippen LogP contribution is -2.22. The van der Waals surface area contributed by atoms with E-state index in [0.29, 0.717) is 12.0 Å². The maximum atomic E-state index is 12.0. The van der Waals surface area contributed by atoms with Crippen LogP contribution < -0.4 is 0 Å². The summed E-state index contributed by atoms with van der Waals surface area (Å²) < 4.78 is 9.68. The summed E-state index contributed by atoms with van der Waals surface area (Å²) in [7, 11) is 0. The fraction of sp³-hybridized carbons (Fsp3) is 0.500. The van der Waals surface area contributed by atoms with Gasteiger partial charge in [-0.3, -0.25) is 9.59 Å². The lowest BCUT2D eigenvalue weighted by atomic mass is 10.1. The molecule has 6 heteroatoms. The van der Waals surface area contributed by atoms with Crippen molar-refractivity contribution < 1.29 is 23.9 Å². The molecule has 1 atom stereocenters. The van der Waals surface area contributed by atoms with E-state index in [-0.39, 0.29) is 25.2 Å². The third kappa shape index (κ3) is 3.45. The number of ketones is 1. The zero-order valence-electron chi connectivity index (χ0n) is 11.4. The molecule has 0 saturated carbocycles. The van der Waals surface area contributed by atoms with Crippen LogP contribution >= 0.6 is 11.3 Å². The summed E-state index contributed by atoms with van der Waals surface area (Å²) >= 11 is 1.56. The zero-order valence-corrected chi connectivity index (χ0v) is 12.2. The van der Waals surface area contributed by atoms with Gasteiger partial charge in [0.2, 0.25) is 6.10 Å². The first-order valence-electron chi connectivity index (χ1n) is 6.43. The van der Waals surface area contributed by atoms with Crippen LogP contribution in [0.2, 0.25) is 0 Å². The fourth-order valence-electron chi connectivity index (χ4n) is 2.06. The Labute approximate surface area is 120 Å². The van der Waals surface area contributed by atoms with Gasteiger partial charge < -0.3 is 9.47 Å². The summed E-state index contributed by atoms with van der Waals surface area (Å²) in [6, 6.07) is 1.84. The summed E-state index contributed by atoms with van der Waals surface area (Å²) in [4.78, 5) is 36.8. The topological polar surface area (TPSA) is 69.7 Å². The summed E-state index contributed by atoms with van der Waals surface area (Å²) in [5.74, 6) is -1.11. The number of esters is 2. The van der Waals surface area contributed by atoms with Crippen LogP contribution in [0.1, 0.15) is 39.4 Å². The summed E-state index contributed by atoms with van der Waals surface area (Å²) in [5.41, 5.74) is 0.667. The monoisotopic (exact) mass is 296 g/mol. The van der Waals surface area contributed by atoms with Crippen LogP contribution in [0.5, 0.6) is 0 Å². The molecule has 1 aliphatic rings. The first kappa shape index (κ1) is 14.7. The van der Waals surface area contributed by atoms with Gasteiger partial charge >= 0.3 is 11.9 Å². The van der Waals surface area contributed by atoms with E-state index in [9.17, 15) is 14.4 Å². The predicted octanol–water partition coefficient (Wildman–Crippen LogP) is 2.19. The van der Waals surface area contributed by atoms with Crippen molar-refractivity contribution in [3.8, 4) is 0 Å². The van der Waals surface area contributed by atoms with Gasteiger partial charge in [-0.1, -0.05) is 0 Å². The van der Waals surface area contributed by atoms with Crippen molar-refractivity contribution in [2.24, 2.45) is 0 Å². The molecular weight excluding hydrogens is 280 g/mol. The smallest absolute Gasteiger partial charge is 0.347 e. The molecule has 1 aromatic heterocycles. The second-order valence-corrected chi connectivity index (χ2v) is 6.15. The predicted molar refractivity (Wildman–Crippen MR) is 72.8 cm³/mol. The summed E-state index contributed by atoms with van der Waals surface area (Å²) in [6.45, 7) is 4.11. The molecule has 0 N–H and O–H groups in total. The minimum atomic E-state index is -0.803. The van der Waals surface area contributed by atoms with Crippen molar-refractivity contribution >= 4 is 29.1 Å². The van der Waals surface area contributed by atoms with Gasteiger partial charge in [0.05, 0.1) is 13.0 Å². The van der Waals surface area contributed by atoms with Gasteiger partial charge in [0, 0.05) is 28.2 Å². The number of cyclic esters (lactones) is 1. The molecule has 5 nitrogen and oxygen atoms in total. The van der Waals surface area contributed by atoms with Crippen LogP contribution in [0.4, 0.5) is 0 Å². The number of aryl methyl sites for hydroxylation is 2. The van der Waals surface area contributed by atoms with Crippen molar-refractivity contribution in [3.63, 3.8) is 0 Å². The number of rotatable bonds is 5. The van der Waals surface area contributed by atoms with Crippen molar-refractivity contribution in [2.45, 2.75) is 39.2 Å². The highest BCUT2D eigenvalue weighted by Gasteiger charge is 2.30. The quantitative estimate of drug-likeness (QED) is 0.615. The average Bonchev–Trinajstić information content (AvgIpc) is 2.93. The Hall–Kier alpha value is -1.69. The number of hydrogen-bond donors (Lipinski definition) is 0. The molecule has 108 valence electrons. The molecule has 0 radical (unpaired) electrons. The molecule has 1 fully saturated rings. The van der Waals surface area contributed by atoms with Crippen LogP contribution in [0.3, 0.4) is 0 Å². The lowest BCUT2D eigenvalue weighted by molar-refractivity contribution is -0.160. The van der Waals surface area contributed by atoms with Gasteiger partial charge in [0.25, 0.3) is 0 Å². The molecule has 20 heavy (non-hydrogen) atoms. The van der Waals surface area contributed by atoms with E-state index in [2.05, 4.69) is 0 Å². The van der Waals surface area contributed by atoms with Crippen LogP contribution in [-0.4, -0.2) is 30.4 Å². The van der Waals surface area contributed by atoms with E-state index in [1.807, 2.05) is 19.9 Å². The van der Waals surface area contributed by atoms with Crippen molar-refractivity contribution in [3.05, 3.63) is 21.4 Å². The standard InChI is InChI=1S/C14H16O5S/c1-8-7-10(9(2)20-8)11(15)3-4-13(16)19-12-5-6-18-14(12)17/h7,12H,3-6H2,1-2H3/t12-/m0/s1. The molecular formula is C14H16O5S. The van der Waals surface area contributed by atoms with Gasteiger partial charge in [-0.05, 0) is 19.9 Å². The second-order valence-electron chi connectivity index (χ2n) is 4.68. The molecule has 0 spiro atoms. The average molecular weight is 296 g/mol. The largest absolute Gasteiger partial charge is 0.463 e. The maximum Gasteiger partial charge on any atom is 0.347 e. The molecule has 0 aromatic carbocycles. The molecule has 0 bridgehead atoms. The Morgan fingerprint density at radius 1 is 1.40 bits per heavy atom. The third-order valence-corrected chi connectivity index (χ3v) is 4.02. The minimum absolute atomic E-state index is 0.0169. The Bertz CT molecular complexity index is 546. The van der Waals surface area contributed by atoms with Gasteiger partial charge in [0.15, 0.2) is 5.78 Å². The number of hydrogen-bond acceptors (Lipinski definition) is 6. The molecule has 0 amide bonds. The lowest BCUT2D eigenvalue weighted by Gasteiger charge is -2.07. The summed E-state index contributed by atoms with van der Waals surface area (Å²) in [6.07, 6.45) is -0.335. The van der Waals surface area contributed by atoms with Gasteiger partial charge in [-0.2, -0.15) is 0 Å². The molecule has 0 aliphatic carbocycles. The highest BCUT2D eigenvalue weighted by atomic mass is 32.1. The van der Waals surface area contributed by atoms with E-state index < -0.39 is 18.0 Å². The maximum absolute atomic E-state index is 12.0. The van der Waals surface area contributed by atoms with E-state index in [0.717, 1.165) is 9.75 Å². The molecule has 2 heterocycles. The first-order valence-corrected chi connectivity index (χ1v) is 7.25. The van der Waals surface area contributed by atoms with E-state index in [4.69, 9.17) is 9.47 Å². The van der Waals surface area contributed by atoms with Crippen molar-refractivity contribution in [2.75, 3.05) is 6.61 Å². The third-order valence-electron chi connectivity index (χ3n) is 3.06. The Morgan fingerprint density at radius 2 is 2.15 bits per heavy atom. The number of Topliss-reactive ketones (excluding diaryl/α,β-unsaturated/α-hetero) is 1. The zero-order chi connectivity index (χ0) is 14.7. The Morgan fingerprint density at radius 3 is 2.70 bits per heavy atom. The summed E-state index contributed by atoms with van der Waals surface area (Å²) in [5, 5.41) is 0. The van der Waals surface area contributed by atoms with Gasteiger partial charge in [-0.15, -0.1) is 11.3 Å². The van der Waals surface area contributed by atoms with E-state index in [1.165, 1.54) is 0 Å². The number of carbonyl (C=O) groups is 3. The minimum Gasteiger partial charge on any atom is -0.463 e. The number of thiophene rings is 1. The van der Waals surface area contributed by atoms with Crippen molar-refractivity contribution in [1.82, 2.24) is 0 Å². The highest BCUT2D eigenvalue weighted by Crippen LogP contribution is 2.22. The fourth-order valence-corrected chi connectivity index (χ4v) is 3.00. The highest BCUT2D eigenvalue weighted by molar-refractivity contribution is 7.12. The Kier molecular flexibility index (Phi) is 4.54. The molecule has 1 aliphatic heterocycles. The van der Waals surface area contributed by atoms with Gasteiger partial charge in [0.1, 0.15) is 0 Å². The Balaban J connectivity index is 1.82. The molecule has 2 rings (SSSR count). The number of carbonyl (C=O) groups excluding carboxylic acids is 3.